The first-order valence-corrected chi connectivity index (χ1v) is 5.94. The van der Waals surface area contributed by atoms with E-state index >= 15 is 0 Å². The summed E-state index contributed by atoms with van der Waals surface area (Å²) in [5.74, 6) is 0. The van der Waals surface area contributed by atoms with Crippen LogP contribution in [-0.4, -0.2) is 53.7 Å². The van der Waals surface area contributed by atoms with Crippen LogP contribution in [-0.2, 0) is 6.54 Å². The highest BCUT2D eigenvalue weighted by molar-refractivity contribution is 5.03. The molecule has 1 aliphatic rings. The molecule has 0 amide bonds. The van der Waals surface area contributed by atoms with Crippen molar-refractivity contribution in [1.29, 1.82) is 0 Å². The molecular weight excluding hydrogens is 243 g/mol. The lowest BCUT2D eigenvalue weighted by molar-refractivity contribution is -0.149. The fourth-order valence-corrected chi connectivity index (χ4v) is 2.08. The average molecular weight is 259 g/mol. The summed E-state index contributed by atoms with van der Waals surface area (Å²) in [7, 11) is 0. The van der Waals surface area contributed by atoms with E-state index in [1.807, 2.05) is 18.2 Å². The van der Waals surface area contributed by atoms with E-state index in [1.165, 1.54) is 4.90 Å². The Kier molecular flexibility index (Phi) is 4.19. The van der Waals surface area contributed by atoms with Crippen molar-refractivity contribution in [3.05, 3.63) is 30.1 Å². The van der Waals surface area contributed by atoms with Gasteiger partial charge in [-0.15, -0.1) is 0 Å². The van der Waals surface area contributed by atoms with Crippen molar-refractivity contribution in [2.45, 2.75) is 12.7 Å². The Bertz CT molecular complexity index is 359. The molecule has 0 bridgehead atoms. The minimum atomic E-state index is -4.09. The van der Waals surface area contributed by atoms with Crippen molar-refractivity contribution in [1.82, 2.24) is 14.8 Å². The van der Waals surface area contributed by atoms with Crippen molar-refractivity contribution in [2.75, 3.05) is 32.7 Å². The predicted octanol–water partition coefficient (Wildman–Crippen LogP) is 1.76. The second-order valence-corrected chi connectivity index (χ2v) is 4.49. The van der Waals surface area contributed by atoms with Gasteiger partial charge in [-0.2, -0.15) is 13.2 Å². The summed E-state index contributed by atoms with van der Waals surface area (Å²) in [6.07, 6.45) is -2.36. The number of halogens is 3. The lowest BCUT2D eigenvalue weighted by Crippen LogP contribution is -2.48. The monoisotopic (exact) mass is 259 g/mol. The second-order valence-electron chi connectivity index (χ2n) is 4.49. The number of alkyl halides is 3. The van der Waals surface area contributed by atoms with Crippen LogP contribution >= 0.6 is 0 Å². The molecule has 1 saturated heterocycles. The van der Waals surface area contributed by atoms with Gasteiger partial charge in [0.25, 0.3) is 0 Å². The molecule has 0 aliphatic carbocycles. The van der Waals surface area contributed by atoms with Gasteiger partial charge in [-0.3, -0.25) is 14.8 Å². The maximum atomic E-state index is 12.2. The van der Waals surface area contributed by atoms with Crippen molar-refractivity contribution >= 4 is 0 Å². The lowest BCUT2D eigenvalue weighted by atomic mass is 10.2. The predicted molar refractivity (Wildman–Crippen MR) is 62.0 cm³/mol. The number of piperazine rings is 1. The normalized spacial score (nSPS) is 19.1. The minimum absolute atomic E-state index is 0.465. The van der Waals surface area contributed by atoms with Gasteiger partial charge in [0.2, 0.25) is 0 Å². The average Bonchev–Trinajstić information content (AvgIpc) is 2.31. The van der Waals surface area contributed by atoms with E-state index in [1.54, 1.807) is 6.20 Å². The highest BCUT2D eigenvalue weighted by Gasteiger charge is 2.32. The molecule has 1 aromatic heterocycles. The summed E-state index contributed by atoms with van der Waals surface area (Å²) in [5.41, 5.74) is 0.960. The van der Waals surface area contributed by atoms with Gasteiger partial charge in [-0.25, -0.2) is 0 Å². The Morgan fingerprint density at radius 3 is 2.28 bits per heavy atom. The van der Waals surface area contributed by atoms with E-state index in [9.17, 15) is 13.2 Å². The molecule has 0 N–H and O–H groups in total. The maximum absolute atomic E-state index is 12.2. The van der Waals surface area contributed by atoms with Crippen LogP contribution in [0.5, 0.6) is 0 Å². The van der Waals surface area contributed by atoms with E-state index in [4.69, 9.17) is 0 Å². The number of rotatable bonds is 3. The Morgan fingerprint density at radius 1 is 1.06 bits per heavy atom. The van der Waals surface area contributed by atoms with Gasteiger partial charge in [-0.1, -0.05) is 6.07 Å². The summed E-state index contributed by atoms with van der Waals surface area (Å²) < 4.78 is 36.7. The van der Waals surface area contributed by atoms with Crippen molar-refractivity contribution in [3.8, 4) is 0 Å². The molecule has 6 heteroatoms. The zero-order valence-corrected chi connectivity index (χ0v) is 10.0. The zero-order valence-electron chi connectivity index (χ0n) is 10.0. The molecule has 2 heterocycles. The maximum Gasteiger partial charge on any atom is 0.401 e. The van der Waals surface area contributed by atoms with Gasteiger partial charge < -0.3 is 0 Å². The van der Waals surface area contributed by atoms with Crippen molar-refractivity contribution in [2.24, 2.45) is 0 Å². The van der Waals surface area contributed by atoms with Gasteiger partial charge in [0, 0.05) is 38.9 Å². The topological polar surface area (TPSA) is 19.4 Å². The molecule has 0 aromatic carbocycles. The Hall–Kier alpha value is -1.14. The molecular formula is C12H16F3N3. The quantitative estimate of drug-likeness (QED) is 0.824. The number of hydrogen-bond donors (Lipinski definition) is 0. The van der Waals surface area contributed by atoms with Crippen LogP contribution in [0.25, 0.3) is 0 Å². The first kappa shape index (κ1) is 13.3. The number of pyridine rings is 1. The Labute approximate surface area is 104 Å². The lowest BCUT2D eigenvalue weighted by Gasteiger charge is -2.34. The molecule has 1 aromatic rings. The molecule has 18 heavy (non-hydrogen) atoms. The van der Waals surface area contributed by atoms with Crippen LogP contribution in [0.3, 0.4) is 0 Å². The molecule has 2 rings (SSSR count). The molecule has 0 saturated carbocycles. The summed E-state index contributed by atoms with van der Waals surface area (Å²) in [6, 6.07) is 5.70. The molecule has 0 unspecified atom stereocenters. The minimum Gasteiger partial charge on any atom is -0.295 e. The smallest absolute Gasteiger partial charge is 0.295 e. The third kappa shape index (κ3) is 4.27. The van der Waals surface area contributed by atoms with Crippen LogP contribution in [0.2, 0.25) is 0 Å². The first-order valence-electron chi connectivity index (χ1n) is 5.94. The summed E-state index contributed by atoms with van der Waals surface area (Å²) >= 11 is 0. The molecule has 0 atom stereocenters. The fourth-order valence-electron chi connectivity index (χ4n) is 2.08. The van der Waals surface area contributed by atoms with Gasteiger partial charge >= 0.3 is 6.18 Å². The number of aromatic nitrogens is 1. The largest absolute Gasteiger partial charge is 0.401 e. The van der Waals surface area contributed by atoms with Gasteiger partial charge in [0.1, 0.15) is 0 Å². The van der Waals surface area contributed by atoms with Gasteiger partial charge in [0.15, 0.2) is 0 Å². The van der Waals surface area contributed by atoms with E-state index in [2.05, 4.69) is 9.88 Å². The summed E-state index contributed by atoms with van der Waals surface area (Å²) in [4.78, 5) is 7.80. The highest BCUT2D eigenvalue weighted by atomic mass is 19.4. The van der Waals surface area contributed by atoms with Crippen LogP contribution < -0.4 is 0 Å². The third-order valence-electron chi connectivity index (χ3n) is 2.98. The zero-order chi connectivity index (χ0) is 13.0. The highest BCUT2D eigenvalue weighted by Crippen LogP contribution is 2.17. The molecule has 1 fully saturated rings. The summed E-state index contributed by atoms with van der Waals surface area (Å²) in [5, 5.41) is 0. The van der Waals surface area contributed by atoms with E-state index in [0.29, 0.717) is 32.7 Å². The summed E-state index contributed by atoms with van der Waals surface area (Å²) in [6.45, 7) is 2.16. The molecule has 3 nitrogen and oxygen atoms in total. The van der Waals surface area contributed by atoms with Crippen molar-refractivity contribution in [3.63, 3.8) is 0 Å². The van der Waals surface area contributed by atoms with Crippen LogP contribution in [0.15, 0.2) is 24.4 Å². The van der Waals surface area contributed by atoms with Crippen LogP contribution in [0.4, 0.5) is 13.2 Å². The second kappa shape index (κ2) is 5.67. The first-order chi connectivity index (χ1) is 8.53. The number of nitrogens with zero attached hydrogens (tertiary/aromatic N) is 3. The SMILES string of the molecule is FC(F)(F)CN1CCN(Cc2ccccn2)CC1. The molecule has 100 valence electrons. The van der Waals surface area contributed by atoms with E-state index in [0.717, 1.165) is 5.69 Å². The van der Waals surface area contributed by atoms with Gasteiger partial charge in [-0.05, 0) is 12.1 Å². The standard InChI is InChI=1S/C12H16F3N3/c13-12(14,15)10-18-7-5-17(6-8-18)9-11-3-1-2-4-16-11/h1-4H,5-10H2. The Morgan fingerprint density at radius 2 is 1.72 bits per heavy atom. The van der Waals surface area contributed by atoms with Crippen molar-refractivity contribution < 1.29 is 13.2 Å². The van der Waals surface area contributed by atoms with E-state index in [-0.39, 0.29) is 0 Å². The molecule has 0 radical (unpaired) electrons. The Balaban J connectivity index is 1.77. The molecule has 1 aliphatic heterocycles. The number of hydrogen-bond acceptors (Lipinski definition) is 3. The van der Waals surface area contributed by atoms with E-state index < -0.39 is 12.7 Å². The van der Waals surface area contributed by atoms with Gasteiger partial charge in [0.05, 0.1) is 12.2 Å². The third-order valence-corrected chi connectivity index (χ3v) is 2.98. The fraction of sp³-hybridized carbons (Fsp3) is 0.583. The van der Waals surface area contributed by atoms with Crippen LogP contribution in [0, 0.1) is 0 Å². The molecule has 0 spiro atoms. The van der Waals surface area contributed by atoms with Crippen LogP contribution in [0.1, 0.15) is 5.69 Å².